The largest absolute Gasteiger partial charge is 0.492 e. The summed E-state index contributed by atoms with van der Waals surface area (Å²) in [5.41, 5.74) is 2.39. The third-order valence-corrected chi connectivity index (χ3v) is 5.11. The number of hydrogen-bond donors (Lipinski definition) is 1. The van der Waals surface area contributed by atoms with Crippen molar-refractivity contribution in [2.75, 3.05) is 45.9 Å². The summed E-state index contributed by atoms with van der Waals surface area (Å²) in [6, 6.07) is 6.62. The zero-order valence-corrected chi connectivity index (χ0v) is 14.9. The van der Waals surface area contributed by atoms with Crippen molar-refractivity contribution in [3.63, 3.8) is 0 Å². The highest BCUT2D eigenvalue weighted by atomic mass is 16.5. The van der Waals surface area contributed by atoms with Gasteiger partial charge < -0.3 is 15.0 Å². The molecule has 1 aromatic carbocycles. The Kier molecular flexibility index (Phi) is 5.74. The molecule has 2 fully saturated rings. The number of ether oxygens (including phenoxy) is 1. The molecule has 24 heavy (non-hydrogen) atoms. The van der Waals surface area contributed by atoms with Gasteiger partial charge in [0.1, 0.15) is 12.4 Å². The zero-order valence-electron chi connectivity index (χ0n) is 14.9. The van der Waals surface area contributed by atoms with Crippen molar-refractivity contribution in [2.24, 2.45) is 0 Å². The number of likely N-dealkylation sites (tertiary alicyclic amines) is 1. The highest BCUT2D eigenvalue weighted by Gasteiger charge is 2.29. The van der Waals surface area contributed by atoms with Crippen LogP contribution in [-0.2, 0) is 4.79 Å². The molecule has 132 valence electrons. The van der Waals surface area contributed by atoms with E-state index in [0.717, 1.165) is 51.3 Å². The van der Waals surface area contributed by atoms with Crippen LogP contribution in [-0.4, -0.2) is 67.6 Å². The van der Waals surface area contributed by atoms with E-state index in [4.69, 9.17) is 4.74 Å². The van der Waals surface area contributed by atoms with Gasteiger partial charge in [-0.2, -0.15) is 0 Å². The monoisotopic (exact) mass is 331 g/mol. The molecule has 0 aromatic heterocycles. The fraction of sp³-hybridized carbons (Fsp3) is 0.632. The number of amides is 1. The standard InChI is InChI=1S/C19H29N3O2/c1-15-5-3-6-16(2)19(15)24-12-11-21-9-4-7-17(14-21)22-10-8-20-13-18(22)23/h3,5-6,17,20H,4,7-14H2,1-2H3. The summed E-state index contributed by atoms with van der Waals surface area (Å²) in [6.07, 6.45) is 2.28. The number of carbonyl (C=O) groups excluding carboxylic acids is 1. The van der Waals surface area contributed by atoms with Gasteiger partial charge in [0.15, 0.2) is 0 Å². The second-order valence-electron chi connectivity index (χ2n) is 6.93. The van der Waals surface area contributed by atoms with Gasteiger partial charge in [0.25, 0.3) is 0 Å². The predicted molar refractivity (Wildman–Crippen MR) is 95.5 cm³/mol. The van der Waals surface area contributed by atoms with Crippen LogP contribution in [0.5, 0.6) is 5.75 Å². The van der Waals surface area contributed by atoms with Gasteiger partial charge in [-0.1, -0.05) is 18.2 Å². The quantitative estimate of drug-likeness (QED) is 0.890. The van der Waals surface area contributed by atoms with Gasteiger partial charge in [0, 0.05) is 32.2 Å². The van der Waals surface area contributed by atoms with Crippen LogP contribution in [0.15, 0.2) is 18.2 Å². The predicted octanol–water partition coefficient (Wildman–Crippen LogP) is 1.58. The van der Waals surface area contributed by atoms with Crippen molar-refractivity contribution < 1.29 is 9.53 Å². The van der Waals surface area contributed by atoms with Crippen LogP contribution in [0.4, 0.5) is 0 Å². The molecule has 2 heterocycles. The molecule has 1 N–H and O–H groups in total. The number of piperazine rings is 1. The first-order valence-electron chi connectivity index (χ1n) is 9.06. The smallest absolute Gasteiger partial charge is 0.236 e. The molecule has 5 heteroatoms. The number of nitrogens with one attached hydrogen (secondary N) is 1. The lowest BCUT2D eigenvalue weighted by Gasteiger charge is -2.41. The number of carbonyl (C=O) groups is 1. The van der Waals surface area contributed by atoms with Crippen molar-refractivity contribution in [3.05, 3.63) is 29.3 Å². The van der Waals surface area contributed by atoms with Gasteiger partial charge in [-0.15, -0.1) is 0 Å². The van der Waals surface area contributed by atoms with Gasteiger partial charge in [-0.3, -0.25) is 9.69 Å². The summed E-state index contributed by atoms with van der Waals surface area (Å²) in [7, 11) is 0. The minimum Gasteiger partial charge on any atom is -0.492 e. The summed E-state index contributed by atoms with van der Waals surface area (Å²) < 4.78 is 6.04. The van der Waals surface area contributed by atoms with E-state index in [-0.39, 0.29) is 5.91 Å². The van der Waals surface area contributed by atoms with E-state index in [0.29, 0.717) is 19.2 Å². The molecular weight excluding hydrogens is 302 g/mol. The lowest BCUT2D eigenvalue weighted by Crippen LogP contribution is -2.57. The number of aryl methyl sites for hydroxylation is 2. The van der Waals surface area contributed by atoms with Crippen LogP contribution in [0.3, 0.4) is 0 Å². The SMILES string of the molecule is Cc1cccc(C)c1OCCN1CCCC(N2CCNCC2=O)C1. The normalized spacial score (nSPS) is 22.7. The Balaban J connectivity index is 1.50. The molecule has 0 aliphatic carbocycles. The molecule has 1 amide bonds. The Morgan fingerprint density at radius 3 is 2.79 bits per heavy atom. The molecule has 0 bridgehead atoms. The van der Waals surface area contributed by atoms with Crippen LogP contribution >= 0.6 is 0 Å². The molecule has 1 aromatic rings. The molecule has 5 nitrogen and oxygen atoms in total. The van der Waals surface area contributed by atoms with E-state index < -0.39 is 0 Å². The van der Waals surface area contributed by atoms with Gasteiger partial charge in [-0.05, 0) is 44.4 Å². The topological polar surface area (TPSA) is 44.8 Å². The third kappa shape index (κ3) is 4.08. The number of benzene rings is 1. The van der Waals surface area contributed by atoms with Crippen molar-refractivity contribution in [2.45, 2.75) is 32.7 Å². The Morgan fingerprint density at radius 1 is 1.25 bits per heavy atom. The summed E-state index contributed by atoms with van der Waals surface area (Å²) in [5, 5.41) is 3.15. The number of hydrogen-bond acceptors (Lipinski definition) is 4. The van der Waals surface area contributed by atoms with Gasteiger partial charge in [0.2, 0.25) is 5.91 Å². The van der Waals surface area contributed by atoms with Crippen LogP contribution in [0, 0.1) is 13.8 Å². The van der Waals surface area contributed by atoms with Crippen molar-refractivity contribution >= 4 is 5.91 Å². The average molecular weight is 331 g/mol. The molecule has 1 atom stereocenters. The first-order valence-corrected chi connectivity index (χ1v) is 9.06. The van der Waals surface area contributed by atoms with Crippen LogP contribution in [0.25, 0.3) is 0 Å². The highest BCUT2D eigenvalue weighted by molar-refractivity contribution is 5.79. The Hall–Kier alpha value is -1.59. The second-order valence-corrected chi connectivity index (χ2v) is 6.93. The maximum atomic E-state index is 12.1. The van der Waals surface area contributed by atoms with Crippen molar-refractivity contribution in [3.8, 4) is 5.75 Å². The van der Waals surface area contributed by atoms with Crippen LogP contribution in [0.2, 0.25) is 0 Å². The Labute approximate surface area is 145 Å². The van der Waals surface area contributed by atoms with Crippen LogP contribution in [0.1, 0.15) is 24.0 Å². The summed E-state index contributed by atoms with van der Waals surface area (Å²) >= 11 is 0. The number of para-hydroxylation sites is 1. The maximum Gasteiger partial charge on any atom is 0.236 e. The second kappa shape index (κ2) is 7.99. The first-order chi connectivity index (χ1) is 11.6. The number of rotatable bonds is 5. The fourth-order valence-electron chi connectivity index (χ4n) is 3.80. The summed E-state index contributed by atoms with van der Waals surface area (Å²) in [4.78, 5) is 16.6. The maximum absolute atomic E-state index is 12.1. The van der Waals surface area contributed by atoms with Gasteiger partial charge in [-0.25, -0.2) is 0 Å². The minimum absolute atomic E-state index is 0.250. The van der Waals surface area contributed by atoms with E-state index >= 15 is 0 Å². The highest BCUT2D eigenvalue weighted by Crippen LogP contribution is 2.22. The van der Waals surface area contributed by atoms with Gasteiger partial charge in [0.05, 0.1) is 6.54 Å². The molecule has 1 unspecified atom stereocenters. The van der Waals surface area contributed by atoms with Gasteiger partial charge >= 0.3 is 0 Å². The zero-order chi connectivity index (χ0) is 16.9. The van der Waals surface area contributed by atoms with E-state index in [1.165, 1.54) is 11.1 Å². The first kappa shape index (κ1) is 17.2. The van der Waals surface area contributed by atoms with Crippen molar-refractivity contribution in [1.82, 2.24) is 15.1 Å². The molecule has 2 aliphatic rings. The fourth-order valence-corrected chi connectivity index (χ4v) is 3.80. The molecule has 3 rings (SSSR count). The third-order valence-electron chi connectivity index (χ3n) is 5.11. The Morgan fingerprint density at radius 2 is 2.04 bits per heavy atom. The summed E-state index contributed by atoms with van der Waals surface area (Å²) in [5.74, 6) is 1.27. The van der Waals surface area contributed by atoms with E-state index in [2.05, 4.69) is 47.2 Å². The lowest BCUT2D eigenvalue weighted by molar-refractivity contribution is -0.135. The molecule has 0 radical (unpaired) electrons. The van der Waals surface area contributed by atoms with E-state index in [1.807, 2.05) is 0 Å². The lowest BCUT2D eigenvalue weighted by atomic mass is 10.0. The molecular formula is C19H29N3O2. The molecule has 0 saturated carbocycles. The summed E-state index contributed by atoms with van der Waals surface area (Å²) in [6.45, 7) is 10.1. The number of piperidine rings is 1. The molecule has 0 spiro atoms. The Bertz CT molecular complexity index is 555. The molecule has 2 saturated heterocycles. The van der Waals surface area contributed by atoms with Crippen molar-refractivity contribution in [1.29, 1.82) is 0 Å². The van der Waals surface area contributed by atoms with E-state index in [1.54, 1.807) is 0 Å². The average Bonchev–Trinajstić information content (AvgIpc) is 2.58. The van der Waals surface area contributed by atoms with Crippen LogP contribution < -0.4 is 10.1 Å². The molecule has 2 aliphatic heterocycles. The minimum atomic E-state index is 0.250. The number of nitrogens with zero attached hydrogens (tertiary/aromatic N) is 2. The van der Waals surface area contributed by atoms with E-state index in [9.17, 15) is 4.79 Å².